The van der Waals surface area contributed by atoms with Crippen LogP contribution in [0, 0.1) is 0 Å². The molecule has 0 spiro atoms. The minimum Gasteiger partial charge on any atom is -0.370 e. The van der Waals surface area contributed by atoms with E-state index in [2.05, 4.69) is 15.5 Å². The molecule has 3 N–H and O–H groups in total. The standard InChI is InChI=1S/C16H18F3N5O2S/c1-9(27-15-23-22-13(24(15)2)8-7-12(20)25)14(26)21-11-6-4-3-5-10(11)16(17,18)19/h3-6,9H,7-8H2,1-2H3,(H2,20,25)(H,21,26)/t9-/m1/s1. The van der Waals surface area contributed by atoms with E-state index in [1.54, 1.807) is 18.5 Å². The molecule has 27 heavy (non-hydrogen) atoms. The fourth-order valence-electron chi connectivity index (χ4n) is 2.19. The van der Waals surface area contributed by atoms with Crippen LogP contribution >= 0.6 is 11.8 Å². The van der Waals surface area contributed by atoms with Crippen molar-refractivity contribution in [2.45, 2.75) is 36.3 Å². The van der Waals surface area contributed by atoms with E-state index in [-0.39, 0.29) is 12.1 Å². The smallest absolute Gasteiger partial charge is 0.370 e. The van der Waals surface area contributed by atoms with Gasteiger partial charge in [0.2, 0.25) is 11.8 Å². The molecule has 0 fully saturated rings. The van der Waals surface area contributed by atoms with Crippen molar-refractivity contribution in [3.05, 3.63) is 35.7 Å². The number of hydrogen-bond acceptors (Lipinski definition) is 5. The highest BCUT2D eigenvalue weighted by atomic mass is 32.2. The van der Waals surface area contributed by atoms with E-state index < -0.39 is 28.8 Å². The Bertz CT molecular complexity index is 838. The van der Waals surface area contributed by atoms with Crippen LogP contribution in [0.1, 0.15) is 24.7 Å². The van der Waals surface area contributed by atoms with Crippen LogP contribution in [0.2, 0.25) is 0 Å². The zero-order valence-electron chi connectivity index (χ0n) is 14.6. The second-order valence-corrected chi connectivity index (χ2v) is 7.02. The summed E-state index contributed by atoms with van der Waals surface area (Å²) in [5.41, 5.74) is 3.88. The number of benzene rings is 1. The predicted octanol–water partition coefficient (Wildman–Crippen LogP) is 2.37. The maximum Gasteiger partial charge on any atom is 0.418 e. The van der Waals surface area contributed by atoms with Gasteiger partial charge >= 0.3 is 6.18 Å². The lowest BCUT2D eigenvalue weighted by molar-refractivity contribution is -0.137. The van der Waals surface area contributed by atoms with E-state index in [1.165, 1.54) is 18.2 Å². The summed E-state index contributed by atoms with van der Waals surface area (Å²) >= 11 is 1.05. The topological polar surface area (TPSA) is 103 Å². The number of nitrogens with two attached hydrogens (primary N) is 1. The van der Waals surface area contributed by atoms with Crippen LogP contribution in [0.4, 0.5) is 18.9 Å². The molecule has 0 aliphatic carbocycles. The fraction of sp³-hybridized carbons (Fsp3) is 0.375. The molecule has 0 radical (unpaired) electrons. The van der Waals surface area contributed by atoms with E-state index in [0.29, 0.717) is 17.4 Å². The summed E-state index contributed by atoms with van der Waals surface area (Å²) in [5.74, 6) is -0.548. The number of halogens is 3. The molecule has 0 unspecified atom stereocenters. The third kappa shape index (κ3) is 5.46. The van der Waals surface area contributed by atoms with Crippen molar-refractivity contribution in [3.8, 4) is 0 Å². The van der Waals surface area contributed by atoms with Crippen LogP contribution in [0.5, 0.6) is 0 Å². The lowest BCUT2D eigenvalue weighted by Gasteiger charge is -2.16. The lowest BCUT2D eigenvalue weighted by atomic mass is 10.1. The third-order valence-electron chi connectivity index (χ3n) is 3.66. The summed E-state index contributed by atoms with van der Waals surface area (Å²) in [4.78, 5) is 23.2. The highest BCUT2D eigenvalue weighted by Gasteiger charge is 2.34. The van der Waals surface area contributed by atoms with Crippen LogP contribution in [0.3, 0.4) is 0 Å². The van der Waals surface area contributed by atoms with Gasteiger partial charge in [-0.15, -0.1) is 10.2 Å². The number of thioether (sulfide) groups is 1. The third-order valence-corrected chi connectivity index (χ3v) is 4.80. The summed E-state index contributed by atoms with van der Waals surface area (Å²) in [6.07, 6.45) is -4.15. The van der Waals surface area contributed by atoms with Gasteiger partial charge in [0.05, 0.1) is 16.5 Å². The van der Waals surface area contributed by atoms with Gasteiger partial charge in [0.1, 0.15) is 5.82 Å². The first-order chi connectivity index (χ1) is 12.6. The SMILES string of the molecule is C[C@@H](Sc1nnc(CCC(N)=O)n1C)C(=O)Nc1ccccc1C(F)(F)F. The molecule has 1 aromatic carbocycles. The summed E-state index contributed by atoms with van der Waals surface area (Å²) in [5, 5.41) is 9.86. The number of rotatable bonds is 7. The molecule has 1 aromatic heterocycles. The molecule has 0 saturated heterocycles. The fourth-order valence-corrected chi connectivity index (χ4v) is 3.02. The first-order valence-electron chi connectivity index (χ1n) is 7.90. The quantitative estimate of drug-likeness (QED) is 0.694. The number of carbonyl (C=O) groups is 2. The van der Waals surface area contributed by atoms with Crippen molar-refractivity contribution in [3.63, 3.8) is 0 Å². The minimum absolute atomic E-state index is 0.112. The number of alkyl halides is 3. The van der Waals surface area contributed by atoms with Crippen LogP contribution in [-0.2, 0) is 29.2 Å². The van der Waals surface area contributed by atoms with Gasteiger partial charge in [-0.2, -0.15) is 13.2 Å². The number of amides is 2. The van der Waals surface area contributed by atoms with Crippen LogP contribution < -0.4 is 11.1 Å². The second-order valence-electron chi connectivity index (χ2n) is 5.72. The first kappa shape index (κ1) is 20.7. The first-order valence-corrected chi connectivity index (χ1v) is 8.78. The molecule has 2 rings (SSSR count). The van der Waals surface area contributed by atoms with Gasteiger partial charge in [0, 0.05) is 19.9 Å². The van der Waals surface area contributed by atoms with Gasteiger partial charge in [-0.1, -0.05) is 23.9 Å². The maximum atomic E-state index is 13.0. The molecular formula is C16H18F3N5O2S. The largest absolute Gasteiger partial charge is 0.418 e. The van der Waals surface area contributed by atoms with E-state index >= 15 is 0 Å². The van der Waals surface area contributed by atoms with E-state index in [1.807, 2.05) is 0 Å². The van der Waals surface area contributed by atoms with Gasteiger partial charge in [-0.3, -0.25) is 9.59 Å². The number of primary amides is 1. The summed E-state index contributed by atoms with van der Waals surface area (Å²) in [6.45, 7) is 1.55. The average molecular weight is 401 g/mol. The maximum absolute atomic E-state index is 13.0. The van der Waals surface area contributed by atoms with Crippen molar-refractivity contribution >= 4 is 29.3 Å². The summed E-state index contributed by atoms with van der Waals surface area (Å²) in [6, 6.07) is 4.77. The number of hydrogen-bond donors (Lipinski definition) is 2. The van der Waals surface area contributed by atoms with Crippen molar-refractivity contribution < 1.29 is 22.8 Å². The number of nitrogens with zero attached hydrogens (tertiary/aromatic N) is 3. The Kier molecular flexibility index (Phi) is 6.47. The highest BCUT2D eigenvalue weighted by Crippen LogP contribution is 2.35. The Morgan fingerprint density at radius 2 is 1.96 bits per heavy atom. The van der Waals surface area contributed by atoms with E-state index in [9.17, 15) is 22.8 Å². The van der Waals surface area contributed by atoms with Gasteiger partial charge < -0.3 is 15.6 Å². The van der Waals surface area contributed by atoms with Crippen molar-refractivity contribution in [1.82, 2.24) is 14.8 Å². The Balaban J connectivity index is 2.06. The highest BCUT2D eigenvalue weighted by molar-refractivity contribution is 8.00. The van der Waals surface area contributed by atoms with Gasteiger partial charge in [-0.05, 0) is 19.1 Å². The van der Waals surface area contributed by atoms with Crippen molar-refractivity contribution in [1.29, 1.82) is 0 Å². The predicted molar refractivity (Wildman–Crippen MR) is 93.9 cm³/mol. The second kappa shape index (κ2) is 8.42. The molecule has 11 heteroatoms. The van der Waals surface area contributed by atoms with Crippen molar-refractivity contribution in [2.24, 2.45) is 12.8 Å². The molecule has 0 saturated carbocycles. The minimum atomic E-state index is -4.57. The van der Waals surface area contributed by atoms with Gasteiger partial charge in [-0.25, -0.2) is 0 Å². The van der Waals surface area contributed by atoms with E-state index in [4.69, 9.17) is 5.73 Å². The zero-order chi connectivity index (χ0) is 20.2. The molecule has 2 amide bonds. The Labute approximate surface area is 157 Å². The molecule has 0 aliphatic heterocycles. The monoisotopic (exact) mass is 401 g/mol. The van der Waals surface area contributed by atoms with Crippen LogP contribution in [0.25, 0.3) is 0 Å². The molecule has 0 aliphatic rings. The number of para-hydroxylation sites is 1. The molecule has 1 heterocycles. The Hall–Kier alpha value is -2.56. The normalized spacial score (nSPS) is 12.6. The summed E-state index contributed by atoms with van der Waals surface area (Å²) in [7, 11) is 1.67. The zero-order valence-corrected chi connectivity index (χ0v) is 15.4. The van der Waals surface area contributed by atoms with Crippen LogP contribution in [-0.4, -0.2) is 31.8 Å². The molecule has 146 valence electrons. The molecule has 0 bridgehead atoms. The Morgan fingerprint density at radius 1 is 1.30 bits per heavy atom. The number of anilines is 1. The lowest BCUT2D eigenvalue weighted by Crippen LogP contribution is -2.24. The number of carbonyl (C=O) groups excluding carboxylic acids is 2. The average Bonchev–Trinajstić information content (AvgIpc) is 2.92. The molecule has 1 atom stereocenters. The summed E-state index contributed by atoms with van der Waals surface area (Å²) < 4.78 is 40.7. The molecular weight excluding hydrogens is 383 g/mol. The number of aryl methyl sites for hydroxylation is 1. The Morgan fingerprint density at radius 3 is 2.59 bits per heavy atom. The number of aromatic nitrogens is 3. The van der Waals surface area contributed by atoms with Gasteiger partial charge in [0.15, 0.2) is 5.16 Å². The molecule has 2 aromatic rings. The van der Waals surface area contributed by atoms with E-state index in [0.717, 1.165) is 17.8 Å². The van der Waals surface area contributed by atoms with Crippen molar-refractivity contribution in [2.75, 3.05) is 5.32 Å². The molecule has 7 nitrogen and oxygen atoms in total. The number of nitrogens with one attached hydrogen (secondary N) is 1. The van der Waals surface area contributed by atoms with Crippen LogP contribution in [0.15, 0.2) is 29.4 Å². The van der Waals surface area contributed by atoms with Gasteiger partial charge in [0.25, 0.3) is 0 Å².